The van der Waals surface area contributed by atoms with Gasteiger partial charge in [0.25, 0.3) is 0 Å². The second-order valence-electron chi connectivity index (χ2n) is 17.4. The molecule has 0 radical (unpaired) electrons. The van der Waals surface area contributed by atoms with Gasteiger partial charge in [0.05, 0.1) is 31.0 Å². The Balaban J connectivity index is 1.55. The van der Waals surface area contributed by atoms with Crippen molar-refractivity contribution in [1.29, 1.82) is 0 Å². The van der Waals surface area contributed by atoms with Crippen LogP contribution in [0.25, 0.3) is 0 Å². The van der Waals surface area contributed by atoms with Crippen molar-refractivity contribution < 1.29 is 38.4 Å². The normalized spacial score (nSPS) is 44.1. The number of ether oxygens (including phenoxy) is 4. The van der Waals surface area contributed by atoms with Crippen LogP contribution in [0.3, 0.4) is 0 Å². The quantitative estimate of drug-likeness (QED) is 0.176. The summed E-state index contributed by atoms with van der Waals surface area (Å²) < 4.78 is 33.5. The van der Waals surface area contributed by atoms with E-state index in [0.717, 1.165) is 30.4 Å². The molecule has 0 aromatic heterocycles. The summed E-state index contributed by atoms with van der Waals surface area (Å²) in [4.78, 5) is 14.5. The van der Waals surface area contributed by atoms with E-state index in [-0.39, 0.29) is 29.8 Å². The Morgan fingerprint density at radius 1 is 1.12 bits per heavy atom. The molecule has 276 valence electrons. The monoisotopic (exact) mass is 700 g/mol. The molecule has 12 unspecified atom stereocenters. The fourth-order valence-electron chi connectivity index (χ4n) is 8.18. The number of esters is 1. The molecule has 9 heteroatoms. The predicted octanol–water partition coefficient (Wildman–Crippen LogP) is 7.56. The van der Waals surface area contributed by atoms with Gasteiger partial charge in [0.1, 0.15) is 23.7 Å². The Labute approximate surface area is 296 Å². The molecule has 1 spiro atoms. The van der Waals surface area contributed by atoms with Crippen molar-refractivity contribution in [2.75, 3.05) is 6.61 Å². The first kappa shape index (κ1) is 38.6. The summed E-state index contributed by atoms with van der Waals surface area (Å²) in [5.74, 6) is -1.72. The van der Waals surface area contributed by atoms with Gasteiger partial charge in [-0.2, -0.15) is 0 Å². The van der Waals surface area contributed by atoms with Gasteiger partial charge in [-0.25, -0.2) is 0 Å². The van der Waals surface area contributed by atoms with Gasteiger partial charge in [-0.05, 0) is 73.4 Å². The third kappa shape index (κ3) is 7.65. The van der Waals surface area contributed by atoms with E-state index in [2.05, 4.69) is 60.7 Å². The van der Waals surface area contributed by atoms with Crippen LogP contribution in [0.2, 0.25) is 18.1 Å². The Morgan fingerprint density at radius 2 is 1.84 bits per heavy atom. The topological polar surface area (TPSA) is 104 Å². The van der Waals surface area contributed by atoms with Crippen molar-refractivity contribution in [2.24, 2.45) is 23.7 Å². The van der Waals surface area contributed by atoms with Crippen LogP contribution in [0.15, 0.2) is 47.1 Å². The minimum absolute atomic E-state index is 0.0463. The Morgan fingerprint density at radius 3 is 2.51 bits per heavy atom. The minimum Gasteiger partial charge on any atom is -0.462 e. The average molecular weight is 701 g/mol. The number of hydrogen-bond donors (Lipinski definition) is 2. The van der Waals surface area contributed by atoms with Gasteiger partial charge >= 0.3 is 5.97 Å². The molecule has 5 rings (SSSR count). The lowest BCUT2D eigenvalue weighted by molar-refractivity contribution is -0.340. The molecule has 5 aliphatic rings. The van der Waals surface area contributed by atoms with E-state index >= 15 is 0 Å². The minimum atomic E-state index is -2.29. The van der Waals surface area contributed by atoms with Crippen molar-refractivity contribution >= 4 is 14.3 Å². The molecule has 8 nitrogen and oxygen atoms in total. The van der Waals surface area contributed by atoms with E-state index in [1.165, 1.54) is 0 Å². The zero-order valence-electron chi connectivity index (χ0n) is 32.0. The molecule has 49 heavy (non-hydrogen) atoms. The molecular weight excluding hydrogens is 637 g/mol. The molecule has 0 saturated carbocycles. The molecule has 12 atom stereocenters. The van der Waals surface area contributed by atoms with Crippen LogP contribution >= 0.6 is 0 Å². The smallest absolute Gasteiger partial charge is 0.316 e. The number of allylic oxidation sites excluding steroid dienone is 2. The van der Waals surface area contributed by atoms with E-state index in [1.807, 2.05) is 45.1 Å². The zero-order chi connectivity index (χ0) is 36.1. The van der Waals surface area contributed by atoms with Gasteiger partial charge < -0.3 is 33.6 Å². The largest absolute Gasteiger partial charge is 0.462 e. The Bertz CT molecular complexity index is 1340. The second kappa shape index (κ2) is 14.4. The molecule has 0 aromatic rings. The average Bonchev–Trinajstić information content (AvgIpc) is 3.36. The maximum atomic E-state index is 14.5. The van der Waals surface area contributed by atoms with Crippen molar-refractivity contribution in [3.8, 4) is 0 Å². The number of fused-ring (bicyclic) bond motifs is 2. The highest BCUT2D eigenvalue weighted by Gasteiger charge is 2.61. The summed E-state index contributed by atoms with van der Waals surface area (Å²) in [6.45, 7) is 23.7. The van der Waals surface area contributed by atoms with Crippen LogP contribution in [-0.4, -0.2) is 79.1 Å². The van der Waals surface area contributed by atoms with Crippen LogP contribution in [0, 0.1) is 23.7 Å². The standard InChI is InChI=1S/C40H64O8Si/c1-12-24(2)34-27(5)18-19-39(47-34)22-31-21-30(46-39)17-16-26(4)33(41)25(3)14-13-15-29-23-44-36-35(48-49(10,11)38(7,8)9)28(6)20-32(37(42)45-31)40(29,36)43/h13-16,20,24-25,27,30-36,41,43H,12,17-19,21-23H2,1-11H3/b14-13+,26-16+,29-15+. The van der Waals surface area contributed by atoms with Crippen LogP contribution in [-0.2, 0) is 28.2 Å². The van der Waals surface area contributed by atoms with Crippen molar-refractivity contribution in [3.63, 3.8) is 0 Å². The van der Waals surface area contributed by atoms with Gasteiger partial charge in [-0.15, -0.1) is 0 Å². The molecular formula is C40H64O8Si. The molecule has 0 amide bonds. The van der Waals surface area contributed by atoms with Crippen LogP contribution in [0.1, 0.15) is 101 Å². The molecule has 2 N–H and O–H groups in total. The molecule has 1 aliphatic carbocycles. The number of rotatable bonds is 4. The zero-order valence-corrected chi connectivity index (χ0v) is 33.0. The lowest BCUT2D eigenvalue weighted by Gasteiger charge is -2.51. The lowest BCUT2D eigenvalue weighted by atomic mass is 9.71. The fraction of sp³-hybridized carbons (Fsp3) is 0.775. The maximum absolute atomic E-state index is 14.5. The number of carbonyl (C=O) groups excluding carboxylic acids is 1. The summed E-state index contributed by atoms with van der Waals surface area (Å²) in [6.07, 6.45) is 11.1. The highest BCUT2D eigenvalue weighted by Crippen LogP contribution is 2.50. The fourth-order valence-corrected chi connectivity index (χ4v) is 9.48. The van der Waals surface area contributed by atoms with Gasteiger partial charge in [-0.3, -0.25) is 4.79 Å². The first-order valence-electron chi connectivity index (χ1n) is 18.8. The van der Waals surface area contributed by atoms with Crippen LogP contribution in [0.4, 0.5) is 0 Å². The van der Waals surface area contributed by atoms with Crippen molar-refractivity contribution in [2.45, 2.75) is 167 Å². The van der Waals surface area contributed by atoms with Crippen LogP contribution in [0.5, 0.6) is 0 Å². The first-order valence-corrected chi connectivity index (χ1v) is 21.7. The molecule has 4 heterocycles. The number of carbonyl (C=O) groups is 1. The number of aliphatic hydroxyl groups is 2. The molecule has 2 bridgehead atoms. The van der Waals surface area contributed by atoms with E-state index < -0.39 is 56.0 Å². The van der Waals surface area contributed by atoms with E-state index in [1.54, 1.807) is 0 Å². The Hall–Kier alpha value is -1.59. The molecule has 4 aliphatic heterocycles. The predicted molar refractivity (Wildman–Crippen MR) is 194 cm³/mol. The van der Waals surface area contributed by atoms with Crippen molar-refractivity contribution in [1.82, 2.24) is 0 Å². The SMILES string of the molecule is CCC(C)C1OC2(CCC1C)CC1CC(C/C=C(\C)C(O)C(C)/C=C/C=C3\COC4C(O[Si](C)(C)C(C)(C)C)C(C)=CC(C(=O)O1)C34O)O2. The van der Waals surface area contributed by atoms with E-state index in [9.17, 15) is 15.0 Å². The van der Waals surface area contributed by atoms with E-state index in [4.69, 9.17) is 23.4 Å². The third-order valence-corrected chi connectivity index (χ3v) is 17.1. The highest BCUT2D eigenvalue weighted by atomic mass is 28.4. The summed E-state index contributed by atoms with van der Waals surface area (Å²) in [6, 6.07) is 0. The van der Waals surface area contributed by atoms with Gasteiger partial charge in [0.15, 0.2) is 14.1 Å². The highest BCUT2D eigenvalue weighted by molar-refractivity contribution is 6.74. The second-order valence-corrected chi connectivity index (χ2v) is 22.2. The molecule has 3 saturated heterocycles. The van der Waals surface area contributed by atoms with Gasteiger partial charge in [0.2, 0.25) is 0 Å². The summed E-state index contributed by atoms with van der Waals surface area (Å²) in [5.41, 5.74) is 0.674. The van der Waals surface area contributed by atoms with Crippen LogP contribution < -0.4 is 0 Å². The molecule has 3 fully saturated rings. The van der Waals surface area contributed by atoms with E-state index in [0.29, 0.717) is 36.7 Å². The summed E-state index contributed by atoms with van der Waals surface area (Å²) >= 11 is 0. The lowest BCUT2D eigenvalue weighted by Crippen LogP contribution is -2.60. The summed E-state index contributed by atoms with van der Waals surface area (Å²) in [5, 5.41) is 24.0. The third-order valence-electron chi connectivity index (χ3n) is 12.7. The maximum Gasteiger partial charge on any atom is 0.316 e. The number of aliphatic hydroxyl groups excluding tert-OH is 1. The number of hydrogen-bond acceptors (Lipinski definition) is 8. The summed E-state index contributed by atoms with van der Waals surface area (Å²) in [7, 11) is -2.29. The van der Waals surface area contributed by atoms with Crippen molar-refractivity contribution in [3.05, 3.63) is 47.1 Å². The molecule has 0 aromatic carbocycles. The van der Waals surface area contributed by atoms with Gasteiger partial charge in [0, 0.05) is 25.2 Å². The Kier molecular flexibility index (Phi) is 11.4. The first-order chi connectivity index (χ1) is 22.8. The van der Waals surface area contributed by atoms with Gasteiger partial charge in [-0.1, -0.05) is 85.3 Å².